The van der Waals surface area contributed by atoms with Crippen molar-refractivity contribution in [2.75, 3.05) is 0 Å². The van der Waals surface area contributed by atoms with Crippen molar-refractivity contribution in [3.05, 3.63) is 59.2 Å². The molecule has 110 valence electrons. The van der Waals surface area contributed by atoms with E-state index in [0.29, 0.717) is 11.3 Å². The Hall–Kier alpha value is -2.29. The second kappa shape index (κ2) is 6.44. The summed E-state index contributed by atoms with van der Waals surface area (Å²) in [5, 5.41) is 2.88. The van der Waals surface area contributed by atoms with Crippen LogP contribution in [0.5, 0.6) is 11.5 Å². The first-order valence-electron chi connectivity index (χ1n) is 7.12. The van der Waals surface area contributed by atoms with Gasteiger partial charge < -0.3 is 10.1 Å². The van der Waals surface area contributed by atoms with Crippen LogP contribution in [0.4, 0.5) is 0 Å². The third-order valence-electron chi connectivity index (χ3n) is 3.30. The summed E-state index contributed by atoms with van der Waals surface area (Å²) in [4.78, 5) is 12.0. The summed E-state index contributed by atoms with van der Waals surface area (Å²) in [7, 11) is 0. The summed E-state index contributed by atoms with van der Waals surface area (Å²) in [6.45, 7) is 7.96. The molecule has 1 N–H and O–H groups in total. The molecular weight excluding hydrogens is 262 g/mol. The summed E-state index contributed by atoms with van der Waals surface area (Å²) in [5.41, 5.74) is 2.89. The van der Waals surface area contributed by atoms with E-state index in [2.05, 4.69) is 18.3 Å². The van der Waals surface area contributed by atoms with Gasteiger partial charge in [0.15, 0.2) is 0 Å². The number of rotatable bonds is 4. The van der Waals surface area contributed by atoms with Crippen LogP contribution in [0.1, 0.15) is 35.3 Å². The van der Waals surface area contributed by atoms with Crippen molar-refractivity contribution in [3.8, 4) is 11.5 Å². The lowest BCUT2D eigenvalue weighted by molar-refractivity contribution is 0.0943. The van der Waals surface area contributed by atoms with E-state index in [-0.39, 0.29) is 11.9 Å². The average molecular weight is 283 g/mol. The third kappa shape index (κ3) is 3.85. The first kappa shape index (κ1) is 15.1. The number of ether oxygens (including phenoxy) is 1. The fourth-order valence-electron chi connectivity index (χ4n) is 2.01. The van der Waals surface area contributed by atoms with Gasteiger partial charge in [-0.25, -0.2) is 0 Å². The Balaban J connectivity index is 2.22. The maximum Gasteiger partial charge on any atom is 0.251 e. The minimum atomic E-state index is -0.0867. The molecule has 1 amide bonds. The van der Waals surface area contributed by atoms with Crippen molar-refractivity contribution < 1.29 is 9.53 Å². The molecule has 0 spiro atoms. The Labute approximate surface area is 126 Å². The van der Waals surface area contributed by atoms with E-state index in [0.717, 1.165) is 11.3 Å². The van der Waals surface area contributed by atoms with Gasteiger partial charge in [-0.1, -0.05) is 18.2 Å². The molecule has 0 fully saturated rings. The normalized spacial score (nSPS) is 10.5. The number of amides is 1. The number of hydrogen-bond acceptors (Lipinski definition) is 2. The van der Waals surface area contributed by atoms with Crippen LogP contribution in [0.15, 0.2) is 42.5 Å². The molecule has 0 aliphatic carbocycles. The molecule has 0 atom stereocenters. The van der Waals surface area contributed by atoms with Gasteiger partial charge in [0, 0.05) is 11.6 Å². The molecule has 0 bridgehead atoms. The van der Waals surface area contributed by atoms with Crippen LogP contribution in [0, 0.1) is 13.8 Å². The van der Waals surface area contributed by atoms with E-state index in [1.54, 1.807) is 12.1 Å². The highest BCUT2D eigenvalue weighted by molar-refractivity contribution is 5.94. The summed E-state index contributed by atoms with van der Waals surface area (Å²) in [6, 6.07) is 13.3. The van der Waals surface area contributed by atoms with E-state index in [4.69, 9.17) is 4.74 Å². The Morgan fingerprint density at radius 1 is 1.10 bits per heavy atom. The quantitative estimate of drug-likeness (QED) is 0.911. The molecule has 2 rings (SSSR count). The molecule has 0 saturated carbocycles. The Morgan fingerprint density at radius 3 is 2.52 bits per heavy atom. The van der Waals surface area contributed by atoms with E-state index >= 15 is 0 Å². The van der Waals surface area contributed by atoms with Crippen molar-refractivity contribution in [2.45, 2.75) is 33.7 Å². The highest BCUT2D eigenvalue weighted by Crippen LogP contribution is 2.27. The molecule has 2 aromatic rings. The first-order valence-corrected chi connectivity index (χ1v) is 7.12. The standard InChI is InChI=1S/C18H21NO2/c1-12(2)19-18(20)15-8-6-9-16(11-15)21-17-10-5-7-13(3)14(17)4/h5-12H,1-4H3,(H,19,20). The van der Waals surface area contributed by atoms with Crippen molar-refractivity contribution in [1.82, 2.24) is 5.32 Å². The largest absolute Gasteiger partial charge is 0.457 e. The molecule has 0 radical (unpaired) electrons. The molecule has 21 heavy (non-hydrogen) atoms. The minimum Gasteiger partial charge on any atom is -0.457 e. The van der Waals surface area contributed by atoms with Crippen molar-refractivity contribution >= 4 is 5.91 Å². The first-order chi connectivity index (χ1) is 9.97. The zero-order valence-electron chi connectivity index (χ0n) is 12.9. The van der Waals surface area contributed by atoms with Gasteiger partial charge in [0.05, 0.1) is 0 Å². The van der Waals surface area contributed by atoms with E-state index in [1.165, 1.54) is 5.56 Å². The summed E-state index contributed by atoms with van der Waals surface area (Å²) >= 11 is 0. The average Bonchev–Trinajstić information content (AvgIpc) is 2.43. The topological polar surface area (TPSA) is 38.3 Å². The van der Waals surface area contributed by atoms with Crippen LogP contribution in [0.3, 0.4) is 0 Å². The van der Waals surface area contributed by atoms with Crippen LogP contribution in [0.2, 0.25) is 0 Å². The zero-order chi connectivity index (χ0) is 15.4. The Kier molecular flexibility index (Phi) is 4.63. The second-order valence-corrected chi connectivity index (χ2v) is 5.46. The van der Waals surface area contributed by atoms with Crippen LogP contribution in [0.25, 0.3) is 0 Å². The number of carbonyl (C=O) groups excluding carboxylic acids is 1. The number of benzene rings is 2. The van der Waals surface area contributed by atoms with E-state index in [1.807, 2.05) is 45.0 Å². The molecule has 0 aliphatic heterocycles. The third-order valence-corrected chi connectivity index (χ3v) is 3.30. The number of aryl methyl sites for hydroxylation is 1. The molecule has 0 saturated heterocycles. The second-order valence-electron chi connectivity index (χ2n) is 5.46. The molecule has 2 aromatic carbocycles. The Morgan fingerprint density at radius 2 is 1.81 bits per heavy atom. The SMILES string of the molecule is Cc1cccc(Oc2cccc(C(=O)NC(C)C)c2)c1C. The molecule has 3 nitrogen and oxygen atoms in total. The van der Waals surface area contributed by atoms with Crippen molar-refractivity contribution in [1.29, 1.82) is 0 Å². The lowest BCUT2D eigenvalue weighted by atomic mass is 10.1. The maximum absolute atomic E-state index is 12.0. The molecule has 0 aromatic heterocycles. The molecule has 0 aliphatic rings. The van der Waals surface area contributed by atoms with Crippen LogP contribution < -0.4 is 10.1 Å². The maximum atomic E-state index is 12.0. The molecule has 0 unspecified atom stereocenters. The summed E-state index contributed by atoms with van der Waals surface area (Å²) < 4.78 is 5.91. The number of carbonyl (C=O) groups is 1. The van der Waals surface area contributed by atoms with Crippen molar-refractivity contribution in [2.24, 2.45) is 0 Å². The monoisotopic (exact) mass is 283 g/mol. The van der Waals surface area contributed by atoms with Crippen LogP contribution in [-0.2, 0) is 0 Å². The van der Waals surface area contributed by atoms with Gasteiger partial charge in [-0.3, -0.25) is 4.79 Å². The highest BCUT2D eigenvalue weighted by Gasteiger charge is 2.09. The fraction of sp³-hybridized carbons (Fsp3) is 0.278. The predicted molar refractivity (Wildman–Crippen MR) is 85.0 cm³/mol. The lowest BCUT2D eigenvalue weighted by Gasteiger charge is -2.12. The van der Waals surface area contributed by atoms with Crippen molar-refractivity contribution in [3.63, 3.8) is 0 Å². The summed E-state index contributed by atoms with van der Waals surface area (Å²) in [6.07, 6.45) is 0. The van der Waals surface area contributed by atoms with Gasteiger partial charge in [-0.15, -0.1) is 0 Å². The molecule has 0 heterocycles. The van der Waals surface area contributed by atoms with Crippen LogP contribution in [-0.4, -0.2) is 11.9 Å². The van der Waals surface area contributed by atoms with Gasteiger partial charge in [0.2, 0.25) is 0 Å². The number of nitrogens with one attached hydrogen (secondary N) is 1. The smallest absolute Gasteiger partial charge is 0.251 e. The molecular formula is C18H21NO2. The van der Waals surface area contributed by atoms with Gasteiger partial charge in [0.1, 0.15) is 11.5 Å². The fourth-order valence-corrected chi connectivity index (χ4v) is 2.01. The van der Waals surface area contributed by atoms with Gasteiger partial charge >= 0.3 is 0 Å². The number of hydrogen-bond donors (Lipinski definition) is 1. The van der Waals surface area contributed by atoms with Gasteiger partial charge in [0.25, 0.3) is 5.91 Å². The minimum absolute atomic E-state index is 0.0867. The Bertz CT molecular complexity index is 647. The van der Waals surface area contributed by atoms with Gasteiger partial charge in [-0.05, 0) is 63.1 Å². The van der Waals surface area contributed by atoms with E-state index in [9.17, 15) is 4.79 Å². The predicted octanol–water partition coefficient (Wildman–Crippen LogP) is 4.23. The van der Waals surface area contributed by atoms with Crippen LogP contribution >= 0.6 is 0 Å². The summed E-state index contributed by atoms with van der Waals surface area (Å²) in [5.74, 6) is 1.40. The van der Waals surface area contributed by atoms with E-state index < -0.39 is 0 Å². The highest BCUT2D eigenvalue weighted by atomic mass is 16.5. The zero-order valence-corrected chi connectivity index (χ0v) is 12.9. The van der Waals surface area contributed by atoms with Gasteiger partial charge in [-0.2, -0.15) is 0 Å². The molecule has 3 heteroatoms. The lowest BCUT2D eigenvalue weighted by Crippen LogP contribution is -2.29.